The molecule has 2 nitrogen and oxygen atoms in total. The molecule has 1 heterocycles. The third kappa shape index (κ3) is 3.07. The number of hydrogen-bond acceptors (Lipinski definition) is 2. The molecule has 0 saturated heterocycles. The van der Waals surface area contributed by atoms with Crippen LogP contribution in [-0.4, -0.2) is 24.0 Å². The highest BCUT2D eigenvalue weighted by Gasteiger charge is 2.28. The summed E-state index contributed by atoms with van der Waals surface area (Å²) in [6, 6.07) is 9.57. The van der Waals surface area contributed by atoms with Gasteiger partial charge in [-0.1, -0.05) is 43.5 Å². The summed E-state index contributed by atoms with van der Waals surface area (Å²) in [5, 5.41) is 0. The third-order valence-electron chi connectivity index (χ3n) is 5.29. The molecule has 1 aliphatic carbocycles. The maximum atomic E-state index is 6.16. The average Bonchev–Trinajstić information content (AvgIpc) is 2.71. The van der Waals surface area contributed by atoms with Crippen LogP contribution in [0.1, 0.15) is 49.7 Å². The van der Waals surface area contributed by atoms with Gasteiger partial charge in [0.25, 0.3) is 0 Å². The molecule has 1 aromatic rings. The molecule has 1 aliphatic heterocycles. The van der Waals surface area contributed by atoms with Crippen LogP contribution in [0.15, 0.2) is 24.3 Å². The first-order valence-electron chi connectivity index (χ1n) is 8.39. The monoisotopic (exact) mass is 272 g/mol. The predicted octanol–water partition coefficient (Wildman–Crippen LogP) is 3.34. The molecule has 0 aromatic heterocycles. The molecule has 1 unspecified atom stereocenters. The normalized spacial score (nSPS) is 23.1. The summed E-state index contributed by atoms with van der Waals surface area (Å²) in [5.41, 5.74) is 9.24. The maximum absolute atomic E-state index is 6.16. The summed E-state index contributed by atoms with van der Waals surface area (Å²) in [6.07, 6.45) is 9.53. The van der Waals surface area contributed by atoms with Gasteiger partial charge in [-0.15, -0.1) is 0 Å². The van der Waals surface area contributed by atoms with Crippen molar-refractivity contribution in [2.45, 2.75) is 57.5 Å². The van der Waals surface area contributed by atoms with Crippen LogP contribution in [-0.2, 0) is 13.0 Å². The van der Waals surface area contributed by atoms with Crippen LogP contribution in [0.5, 0.6) is 0 Å². The Morgan fingerprint density at radius 3 is 2.55 bits per heavy atom. The van der Waals surface area contributed by atoms with Crippen molar-refractivity contribution in [2.75, 3.05) is 13.1 Å². The first kappa shape index (κ1) is 14.1. The number of hydrogen-bond donors (Lipinski definition) is 1. The van der Waals surface area contributed by atoms with Crippen molar-refractivity contribution >= 4 is 0 Å². The highest BCUT2D eigenvalue weighted by atomic mass is 15.2. The molecule has 1 atom stereocenters. The van der Waals surface area contributed by atoms with Crippen molar-refractivity contribution in [3.8, 4) is 0 Å². The largest absolute Gasteiger partial charge is 0.329 e. The van der Waals surface area contributed by atoms with E-state index in [1.165, 1.54) is 57.1 Å². The second-order valence-electron chi connectivity index (χ2n) is 6.54. The summed E-state index contributed by atoms with van der Waals surface area (Å²) < 4.78 is 0. The second-order valence-corrected chi connectivity index (χ2v) is 6.54. The zero-order chi connectivity index (χ0) is 13.8. The molecule has 0 amide bonds. The fourth-order valence-electron chi connectivity index (χ4n) is 4.17. The Kier molecular flexibility index (Phi) is 4.74. The summed E-state index contributed by atoms with van der Waals surface area (Å²) in [6.45, 7) is 3.15. The fourth-order valence-corrected chi connectivity index (χ4v) is 4.17. The first-order valence-corrected chi connectivity index (χ1v) is 8.39. The van der Waals surface area contributed by atoms with Gasteiger partial charge in [-0.2, -0.15) is 0 Å². The lowest BCUT2D eigenvalue weighted by Gasteiger charge is -2.38. The molecule has 20 heavy (non-hydrogen) atoms. The van der Waals surface area contributed by atoms with E-state index in [9.17, 15) is 0 Å². The topological polar surface area (TPSA) is 29.3 Å². The lowest BCUT2D eigenvalue weighted by Crippen LogP contribution is -2.46. The number of fused-ring (bicyclic) bond motifs is 1. The van der Waals surface area contributed by atoms with Gasteiger partial charge in [0.1, 0.15) is 0 Å². The number of nitrogens with two attached hydrogens (primary N) is 1. The minimum absolute atomic E-state index is 0.599. The van der Waals surface area contributed by atoms with Gasteiger partial charge in [0.05, 0.1) is 0 Å². The van der Waals surface area contributed by atoms with E-state index >= 15 is 0 Å². The molecule has 110 valence electrons. The van der Waals surface area contributed by atoms with Crippen LogP contribution < -0.4 is 5.73 Å². The quantitative estimate of drug-likeness (QED) is 0.914. The van der Waals surface area contributed by atoms with Gasteiger partial charge in [0, 0.05) is 19.1 Å². The van der Waals surface area contributed by atoms with E-state index in [2.05, 4.69) is 29.2 Å². The molecule has 2 aliphatic rings. The van der Waals surface area contributed by atoms with E-state index in [1.807, 2.05) is 0 Å². The minimum Gasteiger partial charge on any atom is -0.329 e. The SMILES string of the molecule is NCC(C1CCCCC1)N1CCCc2ccccc2C1. The van der Waals surface area contributed by atoms with Crippen LogP contribution in [0.2, 0.25) is 0 Å². The minimum atomic E-state index is 0.599. The molecule has 3 rings (SSSR count). The van der Waals surface area contributed by atoms with Crippen molar-refractivity contribution in [3.63, 3.8) is 0 Å². The number of nitrogens with zero attached hydrogens (tertiary/aromatic N) is 1. The van der Waals surface area contributed by atoms with Crippen molar-refractivity contribution < 1.29 is 0 Å². The summed E-state index contributed by atoms with van der Waals surface area (Å²) in [5.74, 6) is 0.832. The molecule has 2 N–H and O–H groups in total. The zero-order valence-corrected chi connectivity index (χ0v) is 12.6. The van der Waals surface area contributed by atoms with Gasteiger partial charge >= 0.3 is 0 Å². The van der Waals surface area contributed by atoms with Crippen LogP contribution in [0.25, 0.3) is 0 Å². The van der Waals surface area contributed by atoms with E-state index in [0.29, 0.717) is 6.04 Å². The Balaban J connectivity index is 1.74. The fraction of sp³-hybridized carbons (Fsp3) is 0.667. The van der Waals surface area contributed by atoms with E-state index < -0.39 is 0 Å². The molecule has 1 fully saturated rings. The Morgan fingerprint density at radius 2 is 1.80 bits per heavy atom. The van der Waals surface area contributed by atoms with Crippen molar-refractivity contribution in [1.82, 2.24) is 4.90 Å². The van der Waals surface area contributed by atoms with E-state index in [0.717, 1.165) is 19.0 Å². The Labute approximate surface area is 123 Å². The van der Waals surface area contributed by atoms with Gasteiger partial charge in [-0.25, -0.2) is 0 Å². The molecule has 1 saturated carbocycles. The summed E-state index contributed by atoms with van der Waals surface area (Å²) >= 11 is 0. The van der Waals surface area contributed by atoms with Crippen molar-refractivity contribution in [1.29, 1.82) is 0 Å². The van der Waals surface area contributed by atoms with Gasteiger partial charge in [-0.05, 0) is 49.3 Å². The second kappa shape index (κ2) is 6.73. The van der Waals surface area contributed by atoms with Crippen LogP contribution in [0.4, 0.5) is 0 Å². The molecular formula is C18H28N2. The van der Waals surface area contributed by atoms with Crippen molar-refractivity contribution in [3.05, 3.63) is 35.4 Å². The Morgan fingerprint density at radius 1 is 1.05 bits per heavy atom. The smallest absolute Gasteiger partial charge is 0.0250 e. The van der Waals surface area contributed by atoms with Gasteiger partial charge in [0.2, 0.25) is 0 Å². The Hall–Kier alpha value is -0.860. The Bertz CT molecular complexity index is 423. The van der Waals surface area contributed by atoms with Gasteiger partial charge < -0.3 is 5.73 Å². The molecular weight excluding hydrogens is 244 g/mol. The molecule has 0 bridgehead atoms. The van der Waals surface area contributed by atoms with E-state index in [1.54, 1.807) is 5.56 Å². The first-order chi connectivity index (χ1) is 9.88. The van der Waals surface area contributed by atoms with E-state index in [-0.39, 0.29) is 0 Å². The van der Waals surface area contributed by atoms with Gasteiger partial charge in [0.15, 0.2) is 0 Å². The predicted molar refractivity (Wildman–Crippen MR) is 84.6 cm³/mol. The lowest BCUT2D eigenvalue weighted by atomic mass is 9.83. The molecule has 2 heteroatoms. The number of benzene rings is 1. The standard InChI is InChI=1S/C18H28N2/c19-13-18(16-8-2-1-3-9-16)20-12-6-11-15-7-4-5-10-17(15)14-20/h4-5,7,10,16,18H,1-3,6,8-9,11-14,19H2. The molecule has 0 spiro atoms. The summed E-state index contributed by atoms with van der Waals surface area (Å²) in [4.78, 5) is 2.68. The number of rotatable bonds is 3. The highest BCUT2D eigenvalue weighted by molar-refractivity contribution is 5.28. The van der Waals surface area contributed by atoms with E-state index in [4.69, 9.17) is 5.73 Å². The number of aryl methyl sites for hydroxylation is 1. The van der Waals surface area contributed by atoms with Crippen LogP contribution in [0.3, 0.4) is 0 Å². The third-order valence-corrected chi connectivity index (χ3v) is 5.29. The van der Waals surface area contributed by atoms with Gasteiger partial charge in [-0.3, -0.25) is 4.90 Å². The summed E-state index contributed by atoms with van der Waals surface area (Å²) in [7, 11) is 0. The highest BCUT2D eigenvalue weighted by Crippen LogP contribution is 2.30. The molecule has 0 radical (unpaired) electrons. The van der Waals surface area contributed by atoms with Crippen LogP contribution in [0, 0.1) is 5.92 Å². The average molecular weight is 272 g/mol. The maximum Gasteiger partial charge on any atom is 0.0250 e. The van der Waals surface area contributed by atoms with Crippen molar-refractivity contribution in [2.24, 2.45) is 11.7 Å². The molecule has 1 aromatic carbocycles. The van der Waals surface area contributed by atoms with Crippen LogP contribution >= 0.6 is 0 Å². The zero-order valence-electron chi connectivity index (χ0n) is 12.6. The lowest BCUT2D eigenvalue weighted by molar-refractivity contribution is 0.116.